The minimum atomic E-state index is -0.198. The highest BCUT2D eigenvalue weighted by molar-refractivity contribution is 5.69. The lowest BCUT2D eigenvalue weighted by molar-refractivity contribution is -0.141. The summed E-state index contributed by atoms with van der Waals surface area (Å²) in [6.45, 7) is 8.71. The molecular formula is C30H42O2. The van der Waals surface area contributed by atoms with Crippen molar-refractivity contribution in [3.8, 4) is 11.1 Å². The molecule has 1 aliphatic rings. The summed E-state index contributed by atoms with van der Waals surface area (Å²) in [6, 6.07) is 14.0. The van der Waals surface area contributed by atoms with Gasteiger partial charge in [0, 0.05) is 6.92 Å². The molecule has 32 heavy (non-hydrogen) atoms. The maximum Gasteiger partial charge on any atom is 0.302 e. The minimum absolute atomic E-state index is 0.198. The van der Waals surface area contributed by atoms with Crippen molar-refractivity contribution in [3.05, 3.63) is 58.7 Å². The number of carbonyl (C=O) groups is 1. The Morgan fingerprint density at radius 2 is 1.72 bits per heavy atom. The smallest absolute Gasteiger partial charge is 0.302 e. The topological polar surface area (TPSA) is 26.3 Å². The summed E-state index contributed by atoms with van der Waals surface area (Å²) in [4.78, 5) is 10.9. The van der Waals surface area contributed by atoms with Crippen LogP contribution in [0.15, 0.2) is 36.4 Å². The lowest BCUT2D eigenvalue weighted by atomic mass is 9.76. The van der Waals surface area contributed by atoms with E-state index in [-0.39, 0.29) is 5.97 Å². The van der Waals surface area contributed by atoms with Crippen molar-refractivity contribution in [3.63, 3.8) is 0 Å². The van der Waals surface area contributed by atoms with Gasteiger partial charge in [0.05, 0.1) is 6.61 Å². The Morgan fingerprint density at radius 1 is 0.938 bits per heavy atom. The monoisotopic (exact) mass is 434 g/mol. The lowest BCUT2D eigenvalue weighted by Crippen LogP contribution is -2.13. The number of esters is 1. The molecule has 0 unspecified atom stereocenters. The predicted octanol–water partition coefficient (Wildman–Crippen LogP) is 8.32. The van der Waals surface area contributed by atoms with Crippen molar-refractivity contribution in [1.29, 1.82) is 0 Å². The number of carbonyl (C=O) groups excluding carboxylic acids is 1. The van der Waals surface area contributed by atoms with Crippen molar-refractivity contribution in [2.75, 3.05) is 6.61 Å². The van der Waals surface area contributed by atoms with Crippen LogP contribution in [0.4, 0.5) is 0 Å². The lowest BCUT2D eigenvalue weighted by Gasteiger charge is -2.29. The van der Waals surface area contributed by atoms with Crippen LogP contribution in [0.3, 0.4) is 0 Å². The first-order valence-electron chi connectivity index (χ1n) is 12.8. The van der Waals surface area contributed by atoms with Crippen molar-refractivity contribution in [1.82, 2.24) is 0 Å². The zero-order valence-corrected chi connectivity index (χ0v) is 20.7. The Balaban J connectivity index is 1.59. The van der Waals surface area contributed by atoms with Gasteiger partial charge in [0.25, 0.3) is 0 Å². The van der Waals surface area contributed by atoms with E-state index in [9.17, 15) is 4.79 Å². The van der Waals surface area contributed by atoms with E-state index in [0.29, 0.717) is 6.61 Å². The molecule has 3 rings (SSSR count). The molecule has 1 saturated carbocycles. The van der Waals surface area contributed by atoms with Crippen LogP contribution in [0.5, 0.6) is 0 Å². The van der Waals surface area contributed by atoms with Gasteiger partial charge in [-0.25, -0.2) is 0 Å². The highest BCUT2D eigenvalue weighted by Crippen LogP contribution is 2.39. The Bertz CT molecular complexity index is 874. The molecule has 0 aromatic heterocycles. The van der Waals surface area contributed by atoms with E-state index >= 15 is 0 Å². The van der Waals surface area contributed by atoms with Gasteiger partial charge >= 0.3 is 5.97 Å². The van der Waals surface area contributed by atoms with Gasteiger partial charge in [0.15, 0.2) is 0 Å². The van der Waals surface area contributed by atoms with E-state index < -0.39 is 0 Å². The highest BCUT2D eigenvalue weighted by atomic mass is 16.5. The maximum absolute atomic E-state index is 10.9. The Kier molecular flexibility index (Phi) is 9.38. The average molecular weight is 435 g/mol. The number of benzene rings is 2. The normalized spacial score (nSPS) is 18.5. The van der Waals surface area contributed by atoms with E-state index in [1.807, 2.05) is 0 Å². The van der Waals surface area contributed by atoms with Crippen LogP contribution in [-0.2, 0) is 16.0 Å². The first-order chi connectivity index (χ1) is 15.5. The molecule has 0 aliphatic heterocycles. The van der Waals surface area contributed by atoms with Crippen LogP contribution in [0.1, 0.15) is 99.8 Å². The van der Waals surface area contributed by atoms with E-state index in [1.165, 1.54) is 91.7 Å². The third kappa shape index (κ3) is 6.95. The number of hydrogen-bond donors (Lipinski definition) is 0. The molecule has 1 aliphatic carbocycles. The quantitative estimate of drug-likeness (QED) is 0.277. The summed E-state index contributed by atoms with van der Waals surface area (Å²) >= 11 is 0. The molecule has 2 aromatic carbocycles. The van der Waals surface area contributed by atoms with E-state index in [2.05, 4.69) is 57.2 Å². The van der Waals surface area contributed by atoms with Crippen molar-refractivity contribution in [2.45, 2.75) is 97.8 Å². The van der Waals surface area contributed by atoms with Crippen LogP contribution >= 0.6 is 0 Å². The van der Waals surface area contributed by atoms with Crippen LogP contribution < -0.4 is 0 Å². The molecule has 1 fully saturated rings. The third-order valence-electron chi connectivity index (χ3n) is 7.33. The van der Waals surface area contributed by atoms with Crippen molar-refractivity contribution in [2.24, 2.45) is 5.92 Å². The molecule has 2 aromatic rings. The fourth-order valence-electron chi connectivity index (χ4n) is 5.35. The van der Waals surface area contributed by atoms with Crippen molar-refractivity contribution < 1.29 is 9.53 Å². The van der Waals surface area contributed by atoms with E-state index in [1.54, 1.807) is 0 Å². The molecule has 0 heterocycles. The van der Waals surface area contributed by atoms with Crippen LogP contribution in [0.25, 0.3) is 11.1 Å². The molecule has 2 heteroatoms. The van der Waals surface area contributed by atoms with Crippen LogP contribution in [-0.4, -0.2) is 12.6 Å². The second-order valence-corrected chi connectivity index (χ2v) is 9.87. The molecular weight excluding hydrogens is 392 g/mol. The third-order valence-corrected chi connectivity index (χ3v) is 7.33. The number of unbranched alkanes of at least 4 members (excludes halogenated alkanes) is 2. The average Bonchev–Trinajstić information content (AvgIpc) is 2.78. The molecule has 0 bridgehead atoms. The Morgan fingerprint density at radius 3 is 2.38 bits per heavy atom. The van der Waals surface area contributed by atoms with Gasteiger partial charge in [0.2, 0.25) is 0 Å². The molecule has 0 saturated heterocycles. The zero-order chi connectivity index (χ0) is 22.9. The van der Waals surface area contributed by atoms with Crippen LogP contribution in [0, 0.1) is 19.8 Å². The number of hydrogen-bond acceptors (Lipinski definition) is 2. The standard InChI is InChI=1S/C30H42O2/c1-5-6-7-9-25-11-13-27(14-12-25)28-17-18-30(23(3)21-28)29-16-15-26(22(2)20-29)10-8-19-32-24(4)31/h15-18,20-21,25,27H,5-14,19H2,1-4H3. The molecule has 174 valence electrons. The SMILES string of the molecule is CCCCCC1CCC(c2ccc(-c3ccc(CCCOC(C)=O)c(C)c3)c(C)c2)CC1. The number of rotatable bonds is 10. The summed E-state index contributed by atoms with van der Waals surface area (Å²) in [7, 11) is 0. The summed E-state index contributed by atoms with van der Waals surface area (Å²) in [5.74, 6) is 1.51. The summed E-state index contributed by atoms with van der Waals surface area (Å²) in [6.07, 6.45) is 12.9. The second kappa shape index (κ2) is 12.2. The fourth-order valence-corrected chi connectivity index (χ4v) is 5.35. The summed E-state index contributed by atoms with van der Waals surface area (Å²) in [5, 5.41) is 0. The van der Waals surface area contributed by atoms with Gasteiger partial charge in [-0.1, -0.05) is 69.0 Å². The molecule has 2 nitrogen and oxygen atoms in total. The van der Waals surface area contributed by atoms with Gasteiger partial charge in [-0.05, 0) is 97.6 Å². The fraction of sp³-hybridized carbons (Fsp3) is 0.567. The summed E-state index contributed by atoms with van der Waals surface area (Å²) in [5.41, 5.74) is 8.22. The molecule has 0 spiro atoms. The molecule has 0 N–H and O–H groups in total. The van der Waals surface area contributed by atoms with Gasteiger partial charge < -0.3 is 4.74 Å². The van der Waals surface area contributed by atoms with Gasteiger partial charge in [-0.15, -0.1) is 0 Å². The first-order valence-corrected chi connectivity index (χ1v) is 12.8. The maximum atomic E-state index is 10.9. The molecule has 0 radical (unpaired) electrons. The van der Waals surface area contributed by atoms with Gasteiger partial charge in [-0.3, -0.25) is 4.79 Å². The van der Waals surface area contributed by atoms with Crippen molar-refractivity contribution >= 4 is 5.97 Å². The van der Waals surface area contributed by atoms with E-state index in [0.717, 1.165) is 24.7 Å². The Labute approximate surface area is 195 Å². The first kappa shape index (κ1) is 24.6. The van der Waals surface area contributed by atoms with Gasteiger partial charge in [0.1, 0.15) is 0 Å². The predicted molar refractivity (Wildman–Crippen MR) is 135 cm³/mol. The number of ether oxygens (including phenoxy) is 1. The van der Waals surface area contributed by atoms with Crippen LogP contribution in [0.2, 0.25) is 0 Å². The Hall–Kier alpha value is -2.09. The molecule has 0 amide bonds. The molecule has 0 atom stereocenters. The van der Waals surface area contributed by atoms with Gasteiger partial charge in [-0.2, -0.15) is 0 Å². The highest BCUT2D eigenvalue weighted by Gasteiger charge is 2.22. The summed E-state index contributed by atoms with van der Waals surface area (Å²) < 4.78 is 5.06. The zero-order valence-electron chi connectivity index (χ0n) is 20.7. The van der Waals surface area contributed by atoms with E-state index in [4.69, 9.17) is 4.74 Å². The number of aryl methyl sites for hydroxylation is 3. The largest absolute Gasteiger partial charge is 0.466 e. The second-order valence-electron chi connectivity index (χ2n) is 9.87. The minimum Gasteiger partial charge on any atom is -0.466 e.